The van der Waals surface area contributed by atoms with Crippen LogP contribution in [0.25, 0.3) is 0 Å². The van der Waals surface area contributed by atoms with Crippen LogP contribution in [0, 0.1) is 18.3 Å². The van der Waals surface area contributed by atoms with Crippen molar-refractivity contribution >= 4 is 17.5 Å². The number of thioether (sulfide) groups is 1. The van der Waals surface area contributed by atoms with Gasteiger partial charge in [0, 0.05) is 17.7 Å². The number of carbonyl (C=O) groups is 1. The normalized spacial score (nSPS) is 9.60. The molecule has 0 atom stereocenters. The zero-order valence-electron chi connectivity index (χ0n) is 8.69. The maximum absolute atomic E-state index is 11.6. The molecule has 0 aliphatic carbocycles. The number of nitriles is 1. The summed E-state index contributed by atoms with van der Waals surface area (Å²) >= 11 is 1.51. The number of Topliss-reactive ketones (excluding diaryl/α,β-unsaturated/α-hetero) is 1. The van der Waals surface area contributed by atoms with Crippen molar-refractivity contribution in [2.45, 2.75) is 13.3 Å². The second-order valence-electron chi connectivity index (χ2n) is 3.25. The minimum Gasteiger partial charge on any atom is -0.293 e. The molecule has 1 rings (SSSR count). The predicted molar refractivity (Wildman–Crippen MR) is 63.1 cm³/mol. The summed E-state index contributed by atoms with van der Waals surface area (Å²) in [6, 6.07) is 9.63. The van der Waals surface area contributed by atoms with Crippen LogP contribution in [0.3, 0.4) is 0 Å². The van der Waals surface area contributed by atoms with Crippen molar-refractivity contribution in [2.75, 3.05) is 11.5 Å². The van der Waals surface area contributed by atoms with Gasteiger partial charge in [0.25, 0.3) is 0 Å². The Labute approximate surface area is 94.3 Å². The zero-order chi connectivity index (χ0) is 11.1. The van der Waals surface area contributed by atoms with Gasteiger partial charge in [0.15, 0.2) is 5.78 Å². The number of hydrogen-bond acceptors (Lipinski definition) is 3. The van der Waals surface area contributed by atoms with Crippen LogP contribution in [0.15, 0.2) is 24.3 Å². The molecule has 0 spiro atoms. The lowest BCUT2D eigenvalue weighted by atomic mass is 10.1. The molecule has 2 nitrogen and oxygen atoms in total. The van der Waals surface area contributed by atoms with Crippen LogP contribution >= 0.6 is 11.8 Å². The lowest BCUT2D eigenvalue weighted by Crippen LogP contribution is -2.02. The van der Waals surface area contributed by atoms with Gasteiger partial charge in [0.1, 0.15) is 0 Å². The predicted octanol–water partition coefficient (Wildman–Crippen LogP) is 2.82. The van der Waals surface area contributed by atoms with Gasteiger partial charge >= 0.3 is 0 Å². The smallest absolute Gasteiger partial charge is 0.172 e. The van der Waals surface area contributed by atoms with Crippen LogP contribution in [-0.4, -0.2) is 17.3 Å². The average molecular weight is 219 g/mol. The maximum atomic E-state index is 11.6. The van der Waals surface area contributed by atoms with Crippen molar-refractivity contribution in [3.63, 3.8) is 0 Å². The molecule has 1 aromatic rings. The standard InChI is InChI=1S/C12H13NOS/c1-10-3-5-11(6-4-10)12(14)9-15-8-2-7-13/h3-6H,2,8-9H2,1H3. The van der Waals surface area contributed by atoms with E-state index in [1.54, 1.807) is 0 Å². The summed E-state index contributed by atoms with van der Waals surface area (Å²) in [5.41, 5.74) is 1.91. The molecule has 0 aliphatic rings. The molecule has 0 radical (unpaired) electrons. The second kappa shape index (κ2) is 6.26. The molecule has 0 aliphatic heterocycles. The largest absolute Gasteiger partial charge is 0.293 e. The van der Waals surface area contributed by atoms with Crippen LogP contribution in [0.1, 0.15) is 22.3 Å². The van der Waals surface area contributed by atoms with Gasteiger partial charge in [-0.3, -0.25) is 4.79 Å². The number of benzene rings is 1. The molecule has 0 saturated carbocycles. The number of ketones is 1. The molecule has 3 heteroatoms. The molecule has 0 aromatic heterocycles. The minimum absolute atomic E-state index is 0.137. The van der Waals surface area contributed by atoms with E-state index in [-0.39, 0.29) is 5.78 Å². The quantitative estimate of drug-likeness (QED) is 0.565. The first-order valence-corrected chi connectivity index (χ1v) is 5.94. The highest BCUT2D eigenvalue weighted by Crippen LogP contribution is 2.09. The Hall–Kier alpha value is -1.27. The molecule has 0 heterocycles. The molecular weight excluding hydrogens is 206 g/mol. The first-order chi connectivity index (χ1) is 7.24. The Morgan fingerprint density at radius 1 is 1.40 bits per heavy atom. The molecule has 1 aromatic carbocycles. The van der Waals surface area contributed by atoms with Crippen molar-refractivity contribution in [2.24, 2.45) is 0 Å². The van der Waals surface area contributed by atoms with Crippen LogP contribution in [0.2, 0.25) is 0 Å². The number of nitrogens with zero attached hydrogens (tertiary/aromatic N) is 1. The maximum Gasteiger partial charge on any atom is 0.172 e. The third-order valence-corrected chi connectivity index (χ3v) is 2.92. The van der Waals surface area contributed by atoms with E-state index in [0.29, 0.717) is 12.2 Å². The molecule has 15 heavy (non-hydrogen) atoms. The molecule has 0 bridgehead atoms. The Morgan fingerprint density at radius 2 is 2.07 bits per heavy atom. The molecular formula is C12H13NOS. The molecule has 0 amide bonds. The number of rotatable bonds is 5. The fraction of sp³-hybridized carbons (Fsp3) is 0.333. The topological polar surface area (TPSA) is 40.9 Å². The Balaban J connectivity index is 2.41. The lowest BCUT2D eigenvalue weighted by Gasteiger charge is -2.00. The van der Waals surface area contributed by atoms with Crippen LogP contribution in [0.4, 0.5) is 0 Å². The van der Waals surface area contributed by atoms with E-state index >= 15 is 0 Å². The fourth-order valence-electron chi connectivity index (χ4n) is 1.11. The van der Waals surface area contributed by atoms with Crippen molar-refractivity contribution in [3.05, 3.63) is 35.4 Å². The first kappa shape index (κ1) is 11.8. The summed E-state index contributed by atoms with van der Waals surface area (Å²) in [7, 11) is 0. The van der Waals surface area contributed by atoms with Gasteiger partial charge in [-0.15, -0.1) is 0 Å². The zero-order valence-corrected chi connectivity index (χ0v) is 9.51. The summed E-state index contributed by atoms with van der Waals surface area (Å²) in [4.78, 5) is 11.6. The van der Waals surface area contributed by atoms with E-state index in [1.165, 1.54) is 11.8 Å². The highest BCUT2D eigenvalue weighted by atomic mass is 32.2. The molecule has 78 valence electrons. The Bertz CT molecular complexity index is 364. The second-order valence-corrected chi connectivity index (χ2v) is 4.36. The first-order valence-electron chi connectivity index (χ1n) is 4.78. The number of carbonyl (C=O) groups excluding carboxylic acids is 1. The van der Waals surface area contributed by atoms with E-state index in [4.69, 9.17) is 5.26 Å². The van der Waals surface area contributed by atoms with Gasteiger partial charge in [-0.1, -0.05) is 29.8 Å². The highest BCUT2D eigenvalue weighted by molar-refractivity contribution is 7.99. The van der Waals surface area contributed by atoms with Crippen molar-refractivity contribution in [3.8, 4) is 6.07 Å². The minimum atomic E-state index is 0.137. The highest BCUT2D eigenvalue weighted by Gasteiger charge is 2.04. The van der Waals surface area contributed by atoms with E-state index in [1.807, 2.05) is 31.2 Å². The van der Waals surface area contributed by atoms with Crippen molar-refractivity contribution < 1.29 is 4.79 Å². The van der Waals surface area contributed by atoms with Gasteiger partial charge in [0.05, 0.1) is 11.8 Å². The Morgan fingerprint density at radius 3 is 2.67 bits per heavy atom. The fourth-order valence-corrected chi connectivity index (χ4v) is 1.84. The van der Waals surface area contributed by atoms with Crippen molar-refractivity contribution in [1.29, 1.82) is 5.26 Å². The Kier molecular flexibility index (Phi) is 4.92. The van der Waals surface area contributed by atoms with Gasteiger partial charge in [-0.05, 0) is 6.92 Å². The third kappa shape index (κ3) is 4.18. The molecule has 0 fully saturated rings. The SMILES string of the molecule is Cc1ccc(C(=O)CSCCC#N)cc1. The summed E-state index contributed by atoms with van der Waals surface area (Å²) in [5.74, 6) is 1.33. The van der Waals surface area contributed by atoms with E-state index in [2.05, 4.69) is 6.07 Å². The number of aryl methyl sites for hydroxylation is 1. The summed E-state index contributed by atoms with van der Waals surface area (Å²) < 4.78 is 0. The van der Waals surface area contributed by atoms with Crippen LogP contribution < -0.4 is 0 Å². The van der Waals surface area contributed by atoms with E-state index < -0.39 is 0 Å². The molecule has 0 N–H and O–H groups in total. The van der Waals surface area contributed by atoms with E-state index in [0.717, 1.165) is 16.9 Å². The van der Waals surface area contributed by atoms with E-state index in [9.17, 15) is 4.79 Å². The van der Waals surface area contributed by atoms with Gasteiger partial charge < -0.3 is 0 Å². The summed E-state index contributed by atoms with van der Waals surface area (Å²) in [5, 5.41) is 8.33. The summed E-state index contributed by atoms with van der Waals surface area (Å²) in [6.45, 7) is 2.00. The molecule has 0 unspecified atom stereocenters. The molecule has 0 saturated heterocycles. The summed E-state index contributed by atoms with van der Waals surface area (Å²) in [6.07, 6.45) is 0.506. The average Bonchev–Trinajstić information content (AvgIpc) is 2.25. The van der Waals surface area contributed by atoms with Crippen LogP contribution in [-0.2, 0) is 0 Å². The van der Waals surface area contributed by atoms with Crippen LogP contribution in [0.5, 0.6) is 0 Å². The lowest BCUT2D eigenvalue weighted by molar-refractivity contribution is 0.102. The monoisotopic (exact) mass is 219 g/mol. The van der Waals surface area contributed by atoms with Gasteiger partial charge in [-0.25, -0.2) is 0 Å². The van der Waals surface area contributed by atoms with Crippen molar-refractivity contribution in [1.82, 2.24) is 0 Å². The van der Waals surface area contributed by atoms with Gasteiger partial charge in [-0.2, -0.15) is 17.0 Å². The number of hydrogen-bond donors (Lipinski definition) is 0. The third-order valence-electron chi connectivity index (χ3n) is 1.96. The van der Waals surface area contributed by atoms with Gasteiger partial charge in [0.2, 0.25) is 0 Å².